The maximum atomic E-state index is 12.0. The van der Waals surface area contributed by atoms with E-state index in [0.29, 0.717) is 5.82 Å². The molecule has 0 spiro atoms. The second kappa shape index (κ2) is 5.82. The van der Waals surface area contributed by atoms with E-state index in [1.165, 1.54) is 0 Å². The van der Waals surface area contributed by atoms with Crippen LogP contribution in [0.25, 0.3) is 0 Å². The van der Waals surface area contributed by atoms with Gasteiger partial charge in [0.25, 0.3) is 5.56 Å². The monoisotopic (exact) mass is 239 g/mol. The van der Waals surface area contributed by atoms with Crippen LogP contribution < -0.4 is 10.9 Å². The number of hydrogen-bond donors (Lipinski definition) is 2. The lowest BCUT2D eigenvalue weighted by molar-refractivity contribution is 0.249. The molecule has 2 N–H and O–H groups in total. The number of hydrogen-bond acceptors (Lipinski definition) is 4. The topological polar surface area (TPSA) is 67.2 Å². The largest absolute Gasteiger partial charge is 0.394 e. The fourth-order valence-electron chi connectivity index (χ4n) is 1.53. The molecule has 1 unspecified atom stereocenters. The van der Waals surface area contributed by atoms with Gasteiger partial charge in [-0.3, -0.25) is 4.79 Å². The van der Waals surface area contributed by atoms with Gasteiger partial charge in [0.05, 0.1) is 12.6 Å². The molecule has 5 nitrogen and oxygen atoms in total. The van der Waals surface area contributed by atoms with Crippen molar-refractivity contribution in [1.29, 1.82) is 0 Å². The van der Waals surface area contributed by atoms with Gasteiger partial charge in [0.1, 0.15) is 0 Å². The Morgan fingerprint density at radius 1 is 1.41 bits per heavy atom. The van der Waals surface area contributed by atoms with Crippen LogP contribution >= 0.6 is 0 Å². The smallest absolute Gasteiger partial charge is 0.293 e. The van der Waals surface area contributed by atoms with Crippen molar-refractivity contribution in [3.8, 4) is 0 Å². The third kappa shape index (κ3) is 3.30. The Labute approximate surface area is 102 Å². The van der Waals surface area contributed by atoms with Crippen LogP contribution in [0.1, 0.15) is 33.7 Å². The van der Waals surface area contributed by atoms with Gasteiger partial charge in [-0.2, -0.15) is 0 Å². The molecule has 0 aliphatic rings. The molecule has 1 aromatic rings. The summed E-state index contributed by atoms with van der Waals surface area (Å²) in [6, 6.07) is -0.0594. The highest BCUT2D eigenvalue weighted by molar-refractivity contribution is 5.32. The second-order valence-electron chi connectivity index (χ2n) is 4.76. The molecule has 0 aromatic carbocycles. The summed E-state index contributed by atoms with van der Waals surface area (Å²) < 4.78 is 1.62. The molecule has 0 aliphatic heterocycles. The number of anilines is 1. The summed E-state index contributed by atoms with van der Waals surface area (Å²) >= 11 is 0. The zero-order chi connectivity index (χ0) is 13.0. The molecule has 0 radical (unpaired) electrons. The molecule has 0 saturated heterocycles. The van der Waals surface area contributed by atoms with E-state index in [1.807, 2.05) is 27.7 Å². The van der Waals surface area contributed by atoms with Gasteiger partial charge >= 0.3 is 0 Å². The first-order chi connectivity index (χ1) is 7.97. The number of nitrogens with zero attached hydrogens (tertiary/aromatic N) is 2. The lowest BCUT2D eigenvalue weighted by Gasteiger charge is -2.20. The SMILES string of the molecule is CC(C)C(CO)Nc1nccn(C(C)C)c1=O. The van der Waals surface area contributed by atoms with E-state index in [0.717, 1.165) is 0 Å². The Balaban J connectivity index is 2.99. The van der Waals surface area contributed by atoms with Crippen molar-refractivity contribution in [2.45, 2.75) is 39.8 Å². The Hall–Kier alpha value is -1.36. The van der Waals surface area contributed by atoms with E-state index >= 15 is 0 Å². The average molecular weight is 239 g/mol. The van der Waals surface area contributed by atoms with E-state index in [1.54, 1.807) is 17.0 Å². The van der Waals surface area contributed by atoms with Crippen molar-refractivity contribution in [2.24, 2.45) is 5.92 Å². The normalized spacial score (nSPS) is 13.1. The minimum Gasteiger partial charge on any atom is -0.394 e. The highest BCUT2D eigenvalue weighted by Crippen LogP contribution is 2.07. The van der Waals surface area contributed by atoms with Crippen LogP contribution in [0, 0.1) is 5.92 Å². The Bertz CT molecular complexity index is 412. The Morgan fingerprint density at radius 3 is 2.53 bits per heavy atom. The van der Waals surface area contributed by atoms with Gasteiger partial charge in [-0.1, -0.05) is 13.8 Å². The van der Waals surface area contributed by atoms with Crippen LogP contribution in [-0.4, -0.2) is 27.3 Å². The molecule has 1 heterocycles. The predicted molar refractivity (Wildman–Crippen MR) is 68.2 cm³/mol. The molecule has 0 bridgehead atoms. The molecular weight excluding hydrogens is 218 g/mol. The lowest BCUT2D eigenvalue weighted by Crippen LogP contribution is -2.34. The minimum absolute atomic E-state index is 0.0185. The molecular formula is C12H21N3O2. The van der Waals surface area contributed by atoms with E-state index in [-0.39, 0.29) is 30.2 Å². The fraction of sp³-hybridized carbons (Fsp3) is 0.667. The van der Waals surface area contributed by atoms with Crippen molar-refractivity contribution in [1.82, 2.24) is 9.55 Å². The van der Waals surface area contributed by atoms with Crippen LogP contribution in [0.2, 0.25) is 0 Å². The first-order valence-corrected chi connectivity index (χ1v) is 5.92. The summed E-state index contributed by atoms with van der Waals surface area (Å²) in [6.45, 7) is 7.83. The third-order valence-electron chi connectivity index (χ3n) is 2.75. The quantitative estimate of drug-likeness (QED) is 0.811. The van der Waals surface area contributed by atoms with Crippen LogP contribution in [0.4, 0.5) is 5.82 Å². The number of rotatable bonds is 5. The fourth-order valence-corrected chi connectivity index (χ4v) is 1.53. The van der Waals surface area contributed by atoms with Crippen LogP contribution in [0.15, 0.2) is 17.2 Å². The molecule has 17 heavy (non-hydrogen) atoms. The standard InChI is InChI=1S/C12H21N3O2/c1-8(2)10(7-16)14-11-12(17)15(9(3)4)6-5-13-11/h5-6,8-10,16H,7H2,1-4H3,(H,13,14). The van der Waals surface area contributed by atoms with Gasteiger partial charge < -0.3 is 15.0 Å². The summed E-state index contributed by atoms with van der Waals surface area (Å²) in [6.07, 6.45) is 3.26. The summed E-state index contributed by atoms with van der Waals surface area (Å²) in [5.74, 6) is 0.530. The van der Waals surface area contributed by atoms with Crippen molar-refractivity contribution >= 4 is 5.82 Å². The van der Waals surface area contributed by atoms with E-state index in [9.17, 15) is 9.90 Å². The minimum atomic E-state index is -0.154. The van der Waals surface area contributed by atoms with Crippen molar-refractivity contribution < 1.29 is 5.11 Å². The molecule has 1 aromatic heterocycles. The number of aliphatic hydroxyl groups is 1. The predicted octanol–water partition coefficient (Wildman–Crippen LogP) is 1.25. The van der Waals surface area contributed by atoms with Crippen molar-refractivity contribution in [2.75, 3.05) is 11.9 Å². The number of nitrogens with one attached hydrogen (secondary N) is 1. The van der Waals surface area contributed by atoms with Crippen LogP contribution in [0.5, 0.6) is 0 Å². The molecule has 1 rings (SSSR count). The molecule has 0 fully saturated rings. The van der Waals surface area contributed by atoms with Gasteiger partial charge in [0.15, 0.2) is 5.82 Å². The molecule has 96 valence electrons. The van der Waals surface area contributed by atoms with E-state index in [4.69, 9.17) is 0 Å². The van der Waals surface area contributed by atoms with Gasteiger partial charge in [0, 0.05) is 18.4 Å². The zero-order valence-electron chi connectivity index (χ0n) is 10.8. The maximum Gasteiger partial charge on any atom is 0.293 e. The summed E-state index contributed by atoms with van der Waals surface area (Å²) in [5, 5.41) is 12.2. The third-order valence-corrected chi connectivity index (χ3v) is 2.75. The number of aliphatic hydroxyl groups excluding tert-OH is 1. The summed E-state index contributed by atoms with van der Waals surface area (Å²) in [4.78, 5) is 16.1. The second-order valence-corrected chi connectivity index (χ2v) is 4.76. The Morgan fingerprint density at radius 2 is 2.06 bits per heavy atom. The van der Waals surface area contributed by atoms with E-state index in [2.05, 4.69) is 10.3 Å². The van der Waals surface area contributed by atoms with Crippen LogP contribution in [0.3, 0.4) is 0 Å². The average Bonchev–Trinajstić information content (AvgIpc) is 2.26. The first-order valence-electron chi connectivity index (χ1n) is 5.92. The van der Waals surface area contributed by atoms with Gasteiger partial charge in [-0.05, 0) is 19.8 Å². The van der Waals surface area contributed by atoms with Crippen LogP contribution in [-0.2, 0) is 0 Å². The molecule has 0 amide bonds. The summed E-state index contributed by atoms with van der Waals surface area (Å²) in [7, 11) is 0. The maximum absolute atomic E-state index is 12.0. The van der Waals surface area contributed by atoms with Gasteiger partial charge in [0.2, 0.25) is 0 Å². The highest BCUT2D eigenvalue weighted by Gasteiger charge is 2.15. The molecule has 1 atom stereocenters. The summed E-state index contributed by atoms with van der Waals surface area (Å²) in [5.41, 5.74) is -0.151. The van der Waals surface area contributed by atoms with Crippen molar-refractivity contribution in [3.05, 3.63) is 22.7 Å². The first kappa shape index (κ1) is 13.7. The van der Waals surface area contributed by atoms with Crippen molar-refractivity contribution in [3.63, 3.8) is 0 Å². The molecule has 5 heteroatoms. The molecule has 0 aliphatic carbocycles. The highest BCUT2D eigenvalue weighted by atomic mass is 16.3. The van der Waals surface area contributed by atoms with Gasteiger partial charge in [-0.25, -0.2) is 4.98 Å². The molecule has 0 saturated carbocycles. The Kier molecular flexibility index (Phi) is 4.69. The zero-order valence-corrected chi connectivity index (χ0v) is 10.8. The number of aromatic nitrogens is 2. The van der Waals surface area contributed by atoms with Gasteiger partial charge in [-0.15, -0.1) is 0 Å². The lowest BCUT2D eigenvalue weighted by atomic mass is 10.1. The van der Waals surface area contributed by atoms with E-state index < -0.39 is 0 Å².